The molecule has 0 saturated heterocycles. The quantitative estimate of drug-likeness (QED) is 0.325. The summed E-state index contributed by atoms with van der Waals surface area (Å²) in [7, 11) is -6.26. The molecule has 0 aromatic rings. The zero-order chi connectivity index (χ0) is 7.15. The van der Waals surface area contributed by atoms with E-state index in [1.54, 1.807) is 0 Å². The molecule has 68 valence electrons. The van der Waals surface area contributed by atoms with Crippen LogP contribution in [0.1, 0.15) is 5.71 Å². The first-order valence-corrected chi connectivity index (χ1v) is 3.91. The van der Waals surface area contributed by atoms with Gasteiger partial charge in [0.05, 0.1) is 0 Å². The van der Waals surface area contributed by atoms with E-state index in [4.69, 9.17) is 28.1 Å². The molecule has 0 aliphatic carbocycles. The Morgan fingerprint density at radius 2 is 0.750 bits per heavy atom. The van der Waals surface area contributed by atoms with Crippen LogP contribution in [0.25, 0.3) is 0 Å². The summed E-state index contributed by atoms with van der Waals surface area (Å²) in [4.78, 5) is 28.6. The van der Waals surface area contributed by atoms with Crippen LogP contribution >= 0.6 is 0 Å². The summed E-state index contributed by atoms with van der Waals surface area (Å²) in [6, 6.07) is 0. The van der Waals surface area contributed by atoms with Gasteiger partial charge in [0.1, 0.15) is 0 Å². The fourth-order valence-corrected chi connectivity index (χ4v) is 0. The molecule has 0 aromatic carbocycles. The van der Waals surface area contributed by atoms with Crippen molar-refractivity contribution in [3.8, 4) is 0 Å². The summed E-state index contributed by atoms with van der Waals surface area (Å²) in [5.74, 6) is 0. The van der Waals surface area contributed by atoms with Crippen LogP contribution in [0.3, 0.4) is 0 Å². The summed E-state index contributed by atoms with van der Waals surface area (Å²) in [5, 5.41) is 0. The Morgan fingerprint density at radius 1 is 0.750 bits per heavy atom. The van der Waals surface area contributed by atoms with Gasteiger partial charge in [0.15, 0.2) is 34.7 Å². The van der Waals surface area contributed by atoms with E-state index >= 15 is 0 Å². The molecule has 0 heterocycles. The van der Waals surface area contributed by atoms with Crippen molar-refractivity contribution in [2.45, 2.75) is 0 Å². The average Bonchev–Trinajstić information content (AvgIpc) is 1.25. The van der Waals surface area contributed by atoms with E-state index in [0.29, 0.717) is 0 Å². The standard InChI is InChI=1S/2Al.2Mg.2H2O3Si.10H/c;;;;2*1-4(2)3;;;;;;;;;;/h;;;;2*1-2H;;;;;;;;;;/q;;2*+2;;;;;;;;;4*-1. The molecule has 6 nitrogen and oxygen atoms in total. The van der Waals surface area contributed by atoms with Crippen LogP contribution in [-0.4, -0.2) is 118 Å². The van der Waals surface area contributed by atoms with Crippen molar-refractivity contribution in [2.24, 2.45) is 0 Å². The maximum Gasteiger partial charge on any atom is 2.00 e. The zero-order valence-corrected chi connectivity index (χ0v) is 9.85. The van der Waals surface area contributed by atoms with Gasteiger partial charge in [-0.15, -0.1) is 0 Å². The second-order valence-corrected chi connectivity index (χ2v) is 1.70. The zero-order valence-electron chi connectivity index (χ0n) is 9.02. The largest absolute Gasteiger partial charge is 2.00 e. The van der Waals surface area contributed by atoms with E-state index in [9.17, 15) is 0 Å². The molecule has 12 heavy (non-hydrogen) atoms. The van der Waals surface area contributed by atoms with Crippen LogP contribution in [0.4, 0.5) is 0 Å². The monoisotopic (exact) mass is 268 g/mol. The Bertz CT molecular complexity index is 92.5. The smallest absolute Gasteiger partial charge is 1.00 e. The van der Waals surface area contributed by atoms with E-state index in [-0.39, 0.29) is 86.5 Å². The predicted molar refractivity (Wildman–Crippen MR) is 57.6 cm³/mol. The van der Waals surface area contributed by atoms with Crippen LogP contribution in [0.5, 0.6) is 0 Å². The first kappa shape index (κ1) is 37.1. The topological polar surface area (TPSA) is 115 Å². The number of rotatable bonds is 0. The minimum atomic E-state index is -3.13. The Kier molecular flexibility index (Phi) is 90.6. The van der Waals surface area contributed by atoms with Crippen LogP contribution in [0, 0.1) is 0 Å². The van der Waals surface area contributed by atoms with Gasteiger partial charge in [0, 0.05) is 0 Å². The molecule has 0 atom stereocenters. The number of hydrogen-bond donors (Lipinski definition) is 4. The van der Waals surface area contributed by atoms with Gasteiger partial charge in [-0.05, 0) is 0 Å². The molecule has 12 heteroatoms. The minimum Gasteiger partial charge on any atom is -1.00 e. The van der Waals surface area contributed by atoms with Crippen molar-refractivity contribution in [1.82, 2.24) is 0 Å². The second kappa shape index (κ2) is 29.3. The fourth-order valence-electron chi connectivity index (χ4n) is 0. The number of hydrogen-bond acceptors (Lipinski definition) is 2. The third-order valence-corrected chi connectivity index (χ3v) is 0. The summed E-state index contributed by atoms with van der Waals surface area (Å²) >= 11 is 0. The first-order valence-electron chi connectivity index (χ1n) is 1.30. The maximum absolute atomic E-state index is 8.74. The van der Waals surface area contributed by atoms with Crippen LogP contribution in [0.15, 0.2) is 0 Å². The van der Waals surface area contributed by atoms with Gasteiger partial charge in [-0.25, -0.2) is 0 Å². The molecule has 0 amide bonds. The average molecular weight is 269 g/mol. The third kappa shape index (κ3) is 414. The predicted octanol–water partition coefficient (Wildman–Crippen LogP) is -5.91. The summed E-state index contributed by atoms with van der Waals surface area (Å²) < 4.78 is 17.5. The van der Waals surface area contributed by atoms with Gasteiger partial charge in [-0.2, -0.15) is 0 Å². The molecule has 0 aliphatic rings. The van der Waals surface area contributed by atoms with Crippen LogP contribution < -0.4 is 0 Å². The molecule has 0 aromatic heterocycles. The van der Waals surface area contributed by atoms with E-state index < -0.39 is 18.3 Å². The Morgan fingerprint density at radius 3 is 0.750 bits per heavy atom. The molecule has 0 saturated carbocycles. The van der Waals surface area contributed by atoms with E-state index in [2.05, 4.69) is 0 Å². The first-order chi connectivity index (χ1) is 3.46. The molecular weight excluding hydrogens is 255 g/mol. The Labute approximate surface area is 132 Å². The minimum absolute atomic E-state index is 0. The molecule has 0 spiro atoms. The van der Waals surface area contributed by atoms with Crippen molar-refractivity contribution in [2.75, 3.05) is 0 Å². The molecule has 0 radical (unpaired) electrons. The van der Waals surface area contributed by atoms with Crippen LogP contribution in [-0.2, 0) is 8.92 Å². The third-order valence-electron chi connectivity index (χ3n) is 0. The fraction of sp³-hybridized carbons (Fsp3) is 0. The van der Waals surface area contributed by atoms with Gasteiger partial charge < -0.3 is 24.9 Å². The van der Waals surface area contributed by atoms with Gasteiger partial charge >= 0.3 is 64.4 Å². The van der Waals surface area contributed by atoms with E-state index in [0.717, 1.165) is 0 Å². The van der Waals surface area contributed by atoms with Gasteiger partial charge in [-0.3, -0.25) is 8.92 Å². The summed E-state index contributed by atoms with van der Waals surface area (Å²) in [6.07, 6.45) is 0. The maximum atomic E-state index is 8.74. The summed E-state index contributed by atoms with van der Waals surface area (Å²) in [6.45, 7) is 0. The van der Waals surface area contributed by atoms with Crippen LogP contribution in [0.2, 0.25) is 0 Å². The van der Waals surface area contributed by atoms with Gasteiger partial charge in [0.2, 0.25) is 0 Å². The normalized spacial score (nSPS) is 4.00. The molecule has 4 N–H and O–H groups in total. The second-order valence-electron chi connectivity index (χ2n) is 0.565. The Hall–Kier alpha value is 1.83. The summed E-state index contributed by atoms with van der Waals surface area (Å²) in [5.41, 5.74) is 0. The Balaban J connectivity index is -0.00000000375. The van der Waals surface area contributed by atoms with Crippen molar-refractivity contribution >= 4 is 99.2 Å². The molecular formula is H14Al2Mg2O6Si2. The van der Waals surface area contributed by atoms with Crippen molar-refractivity contribution < 1.29 is 33.8 Å². The molecule has 0 bridgehead atoms. The molecule has 0 unspecified atom stereocenters. The molecule has 0 rings (SSSR count). The van der Waals surface area contributed by atoms with Gasteiger partial charge in [-0.1, -0.05) is 0 Å². The van der Waals surface area contributed by atoms with E-state index in [1.165, 1.54) is 0 Å². The SMILES string of the molecule is O=[Si](O)O.O=[Si](O)O.[AlH3].[AlH3].[H-].[H-].[H-].[H-].[Mg+2].[Mg+2]. The van der Waals surface area contributed by atoms with Gasteiger partial charge in [0.25, 0.3) is 0 Å². The molecule has 0 fully saturated rings. The van der Waals surface area contributed by atoms with E-state index in [1.807, 2.05) is 0 Å². The molecule has 0 aliphatic heterocycles. The van der Waals surface area contributed by atoms with Crippen molar-refractivity contribution in [3.05, 3.63) is 0 Å². The van der Waals surface area contributed by atoms with Crippen molar-refractivity contribution in [3.63, 3.8) is 0 Å². The van der Waals surface area contributed by atoms with Crippen molar-refractivity contribution in [1.29, 1.82) is 0 Å².